The Bertz CT molecular complexity index is 1420. The molecule has 162 valence electrons. The molecule has 0 amide bonds. The summed E-state index contributed by atoms with van der Waals surface area (Å²) >= 11 is 5.81. The van der Waals surface area contributed by atoms with Crippen LogP contribution in [0.25, 0.3) is 21.9 Å². The topological polar surface area (TPSA) is 59.6 Å². The minimum atomic E-state index is 0.0928. The summed E-state index contributed by atoms with van der Waals surface area (Å²) < 4.78 is 13.7. The predicted octanol–water partition coefficient (Wildman–Crippen LogP) is 4.57. The SMILES string of the molecule is COc1cc2c(cc1NC(=S)N1C[C@@H]3C[C@@H](C1)c1cccc(=O)n1C3)oc1ccccc12. The van der Waals surface area contributed by atoms with Gasteiger partial charge >= 0.3 is 0 Å². The van der Waals surface area contributed by atoms with E-state index < -0.39 is 0 Å². The van der Waals surface area contributed by atoms with Crippen molar-refractivity contribution >= 4 is 45.0 Å². The van der Waals surface area contributed by atoms with Crippen LogP contribution in [-0.4, -0.2) is 34.8 Å². The lowest BCUT2D eigenvalue weighted by Crippen LogP contribution is -2.50. The molecular weight excluding hydrogens is 422 g/mol. The highest BCUT2D eigenvalue weighted by molar-refractivity contribution is 7.80. The molecule has 1 fully saturated rings. The third kappa shape index (κ3) is 3.07. The number of furan rings is 1. The predicted molar refractivity (Wildman–Crippen MR) is 130 cm³/mol. The Morgan fingerprint density at radius 3 is 2.81 bits per heavy atom. The van der Waals surface area contributed by atoms with E-state index in [9.17, 15) is 4.79 Å². The summed E-state index contributed by atoms with van der Waals surface area (Å²) in [6.45, 7) is 2.37. The van der Waals surface area contributed by atoms with Gasteiger partial charge in [-0.15, -0.1) is 0 Å². The molecule has 4 heterocycles. The highest BCUT2D eigenvalue weighted by atomic mass is 32.1. The van der Waals surface area contributed by atoms with Crippen molar-refractivity contribution < 1.29 is 9.15 Å². The highest BCUT2D eigenvalue weighted by Crippen LogP contribution is 2.38. The molecule has 2 aromatic carbocycles. The highest BCUT2D eigenvalue weighted by Gasteiger charge is 2.35. The van der Waals surface area contributed by atoms with Crippen LogP contribution in [0.2, 0.25) is 0 Å². The number of hydrogen-bond acceptors (Lipinski definition) is 4. The van der Waals surface area contributed by atoms with E-state index in [0.717, 1.165) is 65.1 Å². The number of para-hydroxylation sites is 1. The fourth-order valence-electron chi connectivity index (χ4n) is 5.27. The van der Waals surface area contributed by atoms with Gasteiger partial charge in [0.05, 0.1) is 12.8 Å². The minimum Gasteiger partial charge on any atom is -0.495 e. The molecule has 2 aromatic heterocycles. The number of anilines is 1. The van der Waals surface area contributed by atoms with Crippen molar-refractivity contribution in [1.29, 1.82) is 0 Å². The number of piperidine rings is 1. The first-order chi connectivity index (χ1) is 15.6. The molecule has 0 radical (unpaired) electrons. The Labute approximate surface area is 190 Å². The second kappa shape index (κ2) is 7.38. The fourth-order valence-corrected chi connectivity index (χ4v) is 5.53. The fraction of sp³-hybridized carbons (Fsp3) is 0.280. The molecule has 0 spiro atoms. The van der Waals surface area contributed by atoms with Crippen LogP contribution in [0.1, 0.15) is 18.0 Å². The number of thiocarbonyl (C=S) groups is 1. The van der Waals surface area contributed by atoms with Gasteiger partial charge in [-0.1, -0.05) is 24.3 Å². The Kier molecular flexibility index (Phi) is 4.47. The number of hydrogen-bond donors (Lipinski definition) is 1. The lowest BCUT2D eigenvalue weighted by molar-refractivity contribution is 0.180. The molecule has 7 heteroatoms. The van der Waals surface area contributed by atoms with Crippen LogP contribution in [0.3, 0.4) is 0 Å². The van der Waals surface area contributed by atoms with E-state index >= 15 is 0 Å². The number of likely N-dealkylation sites (tertiary alicyclic amines) is 1. The Morgan fingerprint density at radius 2 is 1.94 bits per heavy atom. The van der Waals surface area contributed by atoms with Gasteiger partial charge in [0, 0.05) is 54.2 Å². The van der Waals surface area contributed by atoms with Gasteiger partial charge in [-0.2, -0.15) is 0 Å². The molecule has 6 nitrogen and oxygen atoms in total. The van der Waals surface area contributed by atoms with Crippen molar-refractivity contribution in [1.82, 2.24) is 9.47 Å². The van der Waals surface area contributed by atoms with Gasteiger partial charge in [0.15, 0.2) is 5.11 Å². The number of aromatic nitrogens is 1. The van der Waals surface area contributed by atoms with E-state index in [2.05, 4.69) is 16.3 Å². The molecule has 2 aliphatic heterocycles. The van der Waals surface area contributed by atoms with Gasteiger partial charge in [0.25, 0.3) is 5.56 Å². The standard InChI is InChI=1S/C25H23N3O3S/c1-30-23-10-18-17-5-2-3-7-21(17)31-22(18)11-19(23)26-25(32)27-12-15-9-16(14-27)20-6-4-8-24(29)28(20)13-15/h2-8,10-11,15-16H,9,12-14H2,1H3,(H,26,32)/t15-,16-/m0/s1. The summed E-state index contributed by atoms with van der Waals surface area (Å²) in [6.07, 6.45) is 1.09. The van der Waals surface area contributed by atoms with Crippen molar-refractivity contribution in [2.45, 2.75) is 18.9 Å². The van der Waals surface area contributed by atoms with Crippen LogP contribution in [-0.2, 0) is 6.54 Å². The van der Waals surface area contributed by atoms with Gasteiger partial charge in [0.2, 0.25) is 0 Å². The largest absolute Gasteiger partial charge is 0.495 e. The van der Waals surface area contributed by atoms with E-state index in [0.29, 0.717) is 16.9 Å². The Morgan fingerprint density at radius 1 is 1.06 bits per heavy atom. The van der Waals surface area contributed by atoms with Crippen molar-refractivity contribution in [2.75, 3.05) is 25.5 Å². The minimum absolute atomic E-state index is 0.0928. The maximum Gasteiger partial charge on any atom is 0.250 e. The first kappa shape index (κ1) is 19.4. The third-order valence-electron chi connectivity index (χ3n) is 6.71. The van der Waals surface area contributed by atoms with Crippen molar-refractivity contribution in [3.8, 4) is 5.75 Å². The molecular formula is C25H23N3O3S. The first-order valence-corrected chi connectivity index (χ1v) is 11.3. The van der Waals surface area contributed by atoms with E-state index in [4.69, 9.17) is 21.4 Å². The zero-order valence-electron chi connectivity index (χ0n) is 17.7. The average Bonchev–Trinajstić information content (AvgIpc) is 3.16. The molecule has 2 atom stereocenters. The number of benzene rings is 2. The maximum atomic E-state index is 12.3. The smallest absolute Gasteiger partial charge is 0.250 e. The van der Waals surface area contributed by atoms with E-state index in [1.54, 1.807) is 13.2 Å². The lowest BCUT2D eigenvalue weighted by atomic mass is 9.83. The molecule has 0 unspecified atom stereocenters. The summed E-state index contributed by atoms with van der Waals surface area (Å²) in [4.78, 5) is 14.5. The zero-order chi connectivity index (χ0) is 21.8. The Hall–Kier alpha value is -3.32. The summed E-state index contributed by atoms with van der Waals surface area (Å²) in [5.74, 6) is 1.43. The van der Waals surface area contributed by atoms with Crippen LogP contribution in [0, 0.1) is 5.92 Å². The van der Waals surface area contributed by atoms with Gasteiger partial charge < -0.3 is 23.9 Å². The molecule has 0 aliphatic carbocycles. The van der Waals surface area contributed by atoms with Crippen LogP contribution < -0.4 is 15.6 Å². The molecule has 0 saturated carbocycles. The van der Waals surface area contributed by atoms with Gasteiger partial charge in [-0.25, -0.2) is 0 Å². The number of rotatable bonds is 2. The number of pyridine rings is 1. The van der Waals surface area contributed by atoms with Crippen LogP contribution in [0.4, 0.5) is 5.69 Å². The summed E-state index contributed by atoms with van der Waals surface area (Å²) in [5, 5.41) is 6.14. The van der Waals surface area contributed by atoms with Crippen LogP contribution in [0.15, 0.2) is 63.8 Å². The number of methoxy groups -OCH3 is 1. The Balaban J connectivity index is 1.29. The van der Waals surface area contributed by atoms with E-state index in [-0.39, 0.29) is 5.56 Å². The van der Waals surface area contributed by atoms with Gasteiger partial charge in [0.1, 0.15) is 16.9 Å². The lowest BCUT2D eigenvalue weighted by Gasteiger charge is -2.43. The molecule has 2 aliphatic rings. The van der Waals surface area contributed by atoms with Crippen molar-refractivity contribution in [2.24, 2.45) is 5.92 Å². The average molecular weight is 446 g/mol. The number of fused-ring (bicyclic) bond motifs is 7. The molecule has 1 saturated heterocycles. The van der Waals surface area contributed by atoms with Crippen LogP contribution >= 0.6 is 12.2 Å². The zero-order valence-corrected chi connectivity index (χ0v) is 18.5. The number of nitrogens with one attached hydrogen (secondary N) is 1. The second-order valence-corrected chi connectivity index (χ2v) is 9.07. The summed E-state index contributed by atoms with van der Waals surface area (Å²) in [7, 11) is 1.66. The molecule has 32 heavy (non-hydrogen) atoms. The molecule has 4 aromatic rings. The van der Waals surface area contributed by atoms with Gasteiger partial charge in [-0.3, -0.25) is 4.79 Å². The summed E-state index contributed by atoms with van der Waals surface area (Å²) in [5.41, 5.74) is 3.64. The molecule has 2 bridgehead atoms. The van der Waals surface area contributed by atoms with Gasteiger partial charge in [-0.05, 0) is 42.8 Å². The van der Waals surface area contributed by atoms with Crippen molar-refractivity contribution in [3.05, 3.63) is 70.6 Å². The van der Waals surface area contributed by atoms with E-state index in [1.807, 2.05) is 47.0 Å². The van der Waals surface area contributed by atoms with Crippen molar-refractivity contribution in [3.63, 3.8) is 0 Å². The summed E-state index contributed by atoms with van der Waals surface area (Å²) in [6, 6.07) is 17.5. The van der Waals surface area contributed by atoms with Crippen LogP contribution in [0.5, 0.6) is 5.75 Å². The number of ether oxygens (including phenoxy) is 1. The molecule has 6 rings (SSSR count). The number of nitrogens with zero attached hydrogens (tertiary/aromatic N) is 2. The van der Waals surface area contributed by atoms with E-state index in [1.165, 1.54) is 0 Å². The first-order valence-electron chi connectivity index (χ1n) is 10.9. The maximum absolute atomic E-state index is 12.3. The quantitative estimate of drug-likeness (QED) is 0.456. The third-order valence-corrected chi connectivity index (χ3v) is 7.07. The molecule has 1 N–H and O–H groups in total. The monoisotopic (exact) mass is 445 g/mol. The second-order valence-electron chi connectivity index (χ2n) is 8.68. The normalized spacial score (nSPS) is 19.7.